The van der Waals surface area contributed by atoms with Gasteiger partial charge in [0.05, 0.1) is 4.90 Å². The molecule has 6 nitrogen and oxygen atoms in total. The lowest BCUT2D eigenvalue weighted by Crippen LogP contribution is -2.24. The number of aromatic nitrogens is 1. The molecule has 0 fully saturated rings. The maximum atomic E-state index is 11.9. The second-order valence-corrected chi connectivity index (χ2v) is 5.30. The van der Waals surface area contributed by atoms with E-state index < -0.39 is 10.0 Å². The van der Waals surface area contributed by atoms with Gasteiger partial charge in [0.2, 0.25) is 0 Å². The van der Waals surface area contributed by atoms with Crippen molar-refractivity contribution in [3.05, 3.63) is 60.4 Å². The molecule has 19 heavy (non-hydrogen) atoms. The highest BCUT2D eigenvalue weighted by molar-refractivity contribution is 7.89. The van der Waals surface area contributed by atoms with Crippen LogP contribution in [0.3, 0.4) is 0 Å². The van der Waals surface area contributed by atoms with Gasteiger partial charge in [-0.1, -0.05) is 18.2 Å². The van der Waals surface area contributed by atoms with Gasteiger partial charge in [-0.2, -0.15) is 13.2 Å². The standard InChI is InChI=1S/C12H12N4O2S/c13-12(10-6-8-14-9-7-10)15-16-19(17,18)11-4-2-1-3-5-11/h1-9,16H,(H2,13,15). The largest absolute Gasteiger partial charge is 0.382 e. The SMILES string of the molecule is NC(=NNS(=O)(=O)c1ccccc1)c1ccncc1. The summed E-state index contributed by atoms with van der Waals surface area (Å²) in [7, 11) is -3.70. The first-order chi connectivity index (χ1) is 9.09. The summed E-state index contributed by atoms with van der Waals surface area (Å²) in [5.74, 6) is 0.0712. The number of sulfonamides is 1. The Hall–Kier alpha value is -2.41. The Morgan fingerprint density at radius 2 is 1.74 bits per heavy atom. The van der Waals surface area contributed by atoms with Crippen LogP contribution >= 0.6 is 0 Å². The number of amidine groups is 1. The summed E-state index contributed by atoms with van der Waals surface area (Å²) in [5, 5.41) is 3.67. The minimum atomic E-state index is -3.70. The summed E-state index contributed by atoms with van der Waals surface area (Å²) in [4.78, 5) is 6.05. The van der Waals surface area contributed by atoms with Crippen LogP contribution in [0.1, 0.15) is 5.56 Å². The van der Waals surface area contributed by atoms with Crippen molar-refractivity contribution >= 4 is 15.9 Å². The molecule has 0 aliphatic heterocycles. The average Bonchev–Trinajstić information content (AvgIpc) is 2.47. The lowest BCUT2D eigenvalue weighted by Gasteiger charge is -2.04. The summed E-state index contributed by atoms with van der Waals surface area (Å²) in [6.45, 7) is 0. The van der Waals surface area contributed by atoms with E-state index in [1.165, 1.54) is 12.1 Å². The fourth-order valence-corrected chi connectivity index (χ4v) is 2.19. The van der Waals surface area contributed by atoms with Gasteiger partial charge in [-0.15, -0.1) is 5.10 Å². The summed E-state index contributed by atoms with van der Waals surface area (Å²) in [5.41, 5.74) is 6.26. The van der Waals surface area contributed by atoms with Crippen LogP contribution in [0.25, 0.3) is 0 Å². The van der Waals surface area contributed by atoms with Crippen LogP contribution in [0.15, 0.2) is 64.9 Å². The highest BCUT2D eigenvalue weighted by Gasteiger charge is 2.12. The number of benzene rings is 1. The van der Waals surface area contributed by atoms with E-state index in [1.54, 1.807) is 42.7 Å². The van der Waals surface area contributed by atoms with Crippen molar-refractivity contribution in [3.8, 4) is 0 Å². The predicted molar refractivity (Wildman–Crippen MR) is 71.7 cm³/mol. The van der Waals surface area contributed by atoms with E-state index in [4.69, 9.17) is 5.73 Å². The smallest absolute Gasteiger partial charge is 0.276 e. The van der Waals surface area contributed by atoms with Gasteiger partial charge < -0.3 is 5.73 Å². The number of rotatable bonds is 4. The van der Waals surface area contributed by atoms with E-state index in [-0.39, 0.29) is 10.7 Å². The first-order valence-electron chi connectivity index (χ1n) is 5.40. The minimum Gasteiger partial charge on any atom is -0.382 e. The number of pyridine rings is 1. The second-order valence-electron chi connectivity index (χ2n) is 3.64. The fourth-order valence-electron chi connectivity index (χ4n) is 1.35. The number of hydrogen-bond donors (Lipinski definition) is 2. The molecule has 0 bridgehead atoms. The predicted octanol–water partition coefficient (Wildman–Crippen LogP) is 0.680. The van der Waals surface area contributed by atoms with E-state index in [9.17, 15) is 8.42 Å². The summed E-state index contributed by atoms with van der Waals surface area (Å²) in [6.07, 6.45) is 3.09. The van der Waals surface area contributed by atoms with Crippen molar-refractivity contribution in [1.29, 1.82) is 0 Å². The van der Waals surface area contributed by atoms with Crippen LogP contribution in [0.2, 0.25) is 0 Å². The molecule has 0 saturated heterocycles. The maximum absolute atomic E-state index is 11.9. The highest BCUT2D eigenvalue weighted by Crippen LogP contribution is 2.07. The first kappa shape index (κ1) is 13.0. The average molecular weight is 276 g/mol. The zero-order valence-corrected chi connectivity index (χ0v) is 10.7. The quantitative estimate of drug-likeness (QED) is 0.487. The van der Waals surface area contributed by atoms with Gasteiger partial charge in [-0.25, -0.2) is 0 Å². The van der Waals surface area contributed by atoms with E-state index in [0.29, 0.717) is 5.56 Å². The van der Waals surface area contributed by atoms with Gasteiger partial charge in [0.15, 0.2) is 5.84 Å². The van der Waals surface area contributed by atoms with Crippen LogP contribution < -0.4 is 10.6 Å². The Balaban J connectivity index is 2.19. The Bertz CT molecular complexity index is 669. The molecule has 98 valence electrons. The van der Waals surface area contributed by atoms with Crippen LogP contribution in [0.4, 0.5) is 0 Å². The van der Waals surface area contributed by atoms with E-state index in [2.05, 4.69) is 14.9 Å². The minimum absolute atomic E-state index is 0.0712. The maximum Gasteiger partial charge on any atom is 0.276 e. The number of hydrazone groups is 1. The molecule has 0 amide bonds. The molecule has 0 spiro atoms. The Morgan fingerprint density at radius 3 is 2.37 bits per heavy atom. The number of nitrogens with zero attached hydrogens (tertiary/aromatic N) is 2. The number of nitrogens with one attached hydrogen (secondary N) is 1. The molecular weight excluding hydrogens is 264 g/mol. The van der Waals surface area contributed by atoms with Crippen LogP contribution in [0.5, 0.6) is 0 Å². The fraction of sp³-hybridized carbons (Fsp3) is 0. The van der Waals surface area contributed by atoms with E-state index >= 15 is 0 Å². The third-order valence-corrected chi connectivity index (χ3v) is 3.54. The lowest BCUT2D eigenvalue weighted by atomic mass is 10.2. The van der Waals surface area contributed by atoms with E-state index in [1.807, 2.05) is 0 Å². The molecule has 1 heterocycles. The zero-order chi connectivity index (χ0) is 13.7. The second kappa shape index (κ2) is 5.49. The highest BCUT2D eigenvalue weighted by atomic mass is 32.2. The first-order valence-corrected chi connectivity index (χ1v) is 6.88. The van der Waals surface area contributed by atoms with Crippen molar-refractivity contribution in [2.45, 2.75) is 4.90 Å². The molecule has 0 unspecified atom stereocenters. The molecule has 3 N–H and O–H groups in total. The third-order valence-electron chi connectivity index (χ3n) is 2.32. The lowest BCUT2D eigenvalue weighted by molar-refractivity contribution is 0.584. The van der Waals surface area contributed by atoms with Gasteiger partial charge in [0, 0.05) is 18.0 Å². The molecule has 0 aliphatic carbocycles. The van der Waals surface area contributed by atoms with Crippen molar-refractivity contribution in [2.75, 3.05) is 0 Å². The third kappa shape index (κ3) is 3.29. The topological polar surface area (TPSA) is 97.4 Å². The van der Waals surface area contributed by atoms with Crippen LogP contribution in [-0.2, 0) is 10.0 Å². The molecule has 0 saturated carbocycles. The van der Waals surface area contributed by atoms with Crippen molar-refractivity contribution in [3.63, 3.8) is 0 Å². The Morgan fingerprint density at radius 1 is 1.11 bits per heavy atom. The van der Waals surface area contributed by atoms with Crippen molar-refractivity contribution in [2.24, 2.45) is 10.8 Å². The number of hydrogen-bond acceptors (Lipinski definition) is 4. The van der Waals surface area contributed by atoms with Gasteiger partial charge in [-0.3, -0.25) is 4.98 Å². The summed E-state index contributed by atoms with van der Waals surface area (Å²) < 4.78 is 23.8. The van der Waals surface area contributed by atoms with E-state index in [0.717, 1.165) is 0 Å². The van der Waals surface area contributed by atoms with Crippen LogP contribution in [0, 0.1) is 0 Å². The molecule has 7 heteroatoms. The zero-order valence-electron chi connectivity index (χ0n) is 9.89. The molecule has 0 aliphatic rings. The molecule has 1 aromatic heterocycles. The molecule has 2 aromatic rings. The normalized spacial score (nSPS) is 12.1. The van der Waals surface area contributed by atoms with Gasteiger partial charge in [-0.05, 0) is 24.3 Å². The van der Waals surface area contributed by atoms with Gasteiger partial charge in [0.25, 0.3) is 10.0 Å². The summed E-state index contributed by atoms with van der Waals surface area (Å²) in [6, 6.07) is 11.2. The Labute approximate surface area is 111 Å². The summed E-state index contributed by atoms with van der Waals surface area (Å²) >= 11 is 0. The number of nitrogens with two attached hydrogens (primary N) is 1. The van der Waals surface area contributed by atoms with Gasteiger partial charge in [0.1, 0.15) is 0 Å². The molecule has 0 atom stereocenters. The molecule has 0 radical (unpaired) electrons. The molecular formula is C12H12N4O2S. The van der Waals surface area contributed by atoms with Crippen LogP contribution in [-0.4, -0.2) is 19.2 Å². The van der Waals surface area contributed by atoms with Crippen molar-refractivity contribution in [1.82, 2.24) is 9.82 Å². The Kier molecular flexibility index (Phi) is 3.76. The van der Waals surface area contributed by atoms with Gasteiger partial charge >= 0.3 is 0 Å². The molecule has 1 aromatic carbocycles. The monoisotopic (exact) mass is 276 g/mol. The van der Waals surface area contributed by atoms with Crippen molar-refractivity contribution < 1.29 is 8.42 Å². The molecule has 2 rings (SSSR count).